The molecule has 0 bridgehead atoms. The van der Waals surface area contributed by atoms with Crippen molar-refractivity contribution in [3.8, 4) is 0 Å². The fraction of sp³-hybridized carbons (Fsp3) is 0.704. The summed E-state index contributed by atoms with van der Waals surface area (Å²) in [6.45, 7) is 6.32. The average Bonchev–Trinajstić information content (AvgIpc) is 3.43. The van der Waals surface area contributed by atoms with E-state index in [4.69, 9.17) is 14.2 Å². The summed E-state index contributed by atoms with van der Waals surface area (Å²) in [5.41, 5.74) is 0. The molecule has 0 aromatic rings. The van der Waals surface area contributed by atoms with Gasteiger partial charge in [-0.05, 0) is 103 Å². The lowest BCUT2D eigenvalue weighted by atomic mass is 10.0. The zero-order chi connectivity index (χ0) is 55.7. The first-order chi connectivity index (χ1) is 38.0. The summed E-state index contributed by atoms with van der Waals surface area (Å²) in [6, 6.07) is 0. The average molecular weight is 1070 g/mol. The fourth-order valence-electron chi connectivity index (χ4n) is 8.96. The van der Waals surface area contributed by atoms with Crippen molar-refractivity contribution in [1.29, 1.82) is 0 Å². The van der Waals surface area contributed by atoms with E-state index in [1.807, 2.05) is 12.2 Å². The van der Waals surface area contributed by atoms with E-state index in [1.165, 1.54) is 154 Å². The van der Waals surface area contributed by atoms with E-state index in [0.717, 1.165) is 103 Å². The number of carbonyl (C=O) groups excluding carboxylic acids is 3. The molecule has 0 aliphatic rings. The highest BCUT2D eigenvalue weighted by molar-refractivity contribution is 5.71. The monoisotopic (exact) mass is 1070 g/mol. The molecular formula is C71H120O6. The molecule has 440 valence electrons. The number of carbonyl (C=O) groups is 3. The molecule has 0 aliphatic heterocycles. The number of rotatable bonds is 58. The van der Waals surface area contributed by atoms with Gasteiger partial charge in [-0.25, -0.2) is 0 Å². The molecule has 0 aliphatic carbocycles. The zero-order valence-electron chi connectivity index (χ0n) is 50.4. The van der Waals surface area contributed by atoms with Gasteiger partial charge in [0.25, 0.3) is 0 Å². The third-order valence-electron chi connectivity index (χ3n) is 13.8. The van der Waals surface area contributed by atoms with Crippen molar-refractivity contribution in [2.24, 2.45) is 0 Å². The highest BCUT2D eigenvalue weighted by atomic mass is 16.6. The van der Waals surface area contributed by atoms with Crippen molar-refractivity contribution < 1.29 is 28.6 Å². The molecule has 77 heavy (non-hydrogen) atoms. The molecule has 0 heterocycles. The van der Waals surface area contributed by atoms with Gasteiger partial charge in [0.15, 0.2) is 6.10 Å². The van der Waals surface area contributed by atoms with Gasteiger partial charge in [-0.3, -0.25) is 14.4 Å². The Balaban J connectivity index is 4.06. The second-order valence-corrected chi connectivity index (χ2v) is 21.3. The number of hydrogen-bond donors (Lipinski definition) is 0. The van der Waals surface area contributed by atoms with Gasteiger partial charge in [0.1, 0.15) is 13.2 Å². The van der Waals surface area contributed by atoms with Crippen LogP contribution < -0.4 is 0 Å². The predicted octanol–water partition coefficient (Wildman–Crippen LogP) is 22.2. The van der Waals surface area contributed by atoms with Crippen LogP contribution in [0.25, 0.3) is 0 Å². The Hall–Kier alpha value is -3.93. The quantitative estimate of drug-likeness (QED) is 0.0261. The normalized spacial score (nSPS) is 12.8. The topological polar surface area (TPSA) is 78.9 Å². The molecule has 0 radical (unpaired) electrons. The van der Waals surface area contributed by atoms with Crippen LogP contribution in [0.3, 0.4) is 0 Å². The molecule has 6 heteroatoms. The lowest BCUT2D eigenvalue weighted by Gasteiger charge is -2.18. The number of unbranched alkanes of at least 4 members (excludes halogenated alkanes) is 29. The van der Waals surface area contributed by atoms with E-state index in [1.54, 1.807) is 0 Å². The smallest absolute Gasteiger partial charge is 0.306 e. The van der Waals surface area contributed by atoms with E-state index in [9.17, 15) is 14.4 Å². The van der Waals surface area contributed by atoms with E-state index >= 15 is 0 Å². The van der Waals surface area contributed by atoms with Gasteiger partial charge in [0.2, 0.25) is 0 Å². The zero-order valence-corrected chi connectivity index (χ0v) is 50.4. The molecule has 0 saturated carbocycles. The Labute approximate surface area is 476 Å². The molecule has 6 nitrogen and oxygen atoms in total. The Morgan fingerprint density at radius 3 is 0.857 bits per heavy atom. The van der Waals surface area contributed by atoms with Crippen LogP contribution in [0.15, 0.2) is 109 Å². The number of ether oxygens (including phenoxy) is 3. The van der Waals surface area contributed by atoms with Crippen LogP contribution in [0.5, 0.6) is 0 Å². The third kappa shape index (κ3) is 62.8. The van der Waals surface area contributed by atoms with Gasteiger partial charge < -0.3 is 14.2 Å². The molecule has 0 saturated heterocycles. The predicted molar refractivity (Wildman–Crippen MR) is 334 cm³/mol. The fourth-order valence-corrected chi connectivity index (χ4v) is 8.96. The minimum atomic E-state index is -0.817. The summed E-state index contributed by atoms with van der Waals surface area (Å²) in [4.78, 5) is 38.1. The van der Waals surface area contributed by atoms with Gasteiger partial charge in [-0.1, -0.05) is 291 Å². The van der Waals surface area contributed by atoms with Crippen molar-refractivity contribution in [3.05, 3.63) is 109 Å². The van der Waals surface area contributed by atoms with E-state index in [2.05, 4.69) is 118 Å². The molecule has 0 rings (SSSR count). The molecule has 1 unspecified atom stereocenters. The van der Waals surface area contributed by atoms with E-state index in [-0.39, 0.29) is 31.6 Å². The summed E-state index contributed by atoms with van der Waals surface area (Å²) in [5, 5.41) is 0. The van der Waals surface area contributed by atoms with Crippen LogP contribution in [0.2, 0.25) is 0 Å². The maximum Gasteiger partial charge on any atom is 0.306 e. The van der Waals surface area contributed by atoms with Gasteiger partial charge in [-0.15, -0.1) is 0 Å². The van der Waals surface area contributed by atoms with Crippen LogP contribution in [0.1, 0.15) is 303 Å². The number of allylic oxidation sites excluding steroid dienone is 18. The van der Waals surface area contributed by atoms with Gasteiger partial charge in [0, 0.05) is 19.3 Å². The Kier molecular flexibility index (Phi) is 61.3. The summed E-state index contributed by atoms with van der Waals surface area (Å²) in [6.07, 6.45) is 88.7. The number of esters is 3. The van der Waals surface area contributed by atoms with Crippen molar-refractivity contribution in [1.82, 2.24) is 0 Å². The highest BCUT2D eigenvalue weighted by Crippen LogP contribution is 2.17. The Morgan fingerprint density at radius 1 is 0.273 bits per heavy atom. The third-order valence-corrected chi connectivity index (χ3v) is 13.8. The van der Waals surface area contributed by atoms with Crippen molar-refractivity contribution in [3.63, 3.8) is 0 Å². The first-order valence-electron chi connectivity index (χ1n) is 32.4. The van der Waals surface area contributed by atoms with Gasteiger partial charge in [-0.2, -0.15) is 0 Å². The molecule has 0 aromatic carbocycles. The minimum Gasteiger partial charge on any atom is -0.462 e. The summed E-state index contributed by atoms with van der Waals surface area (Å²) in [7, 11) is 0. The van der Waals surface area contributed by atoms with Crippen LogP contribution in [-0.4, -0.2) is 37.2 Å². The molecule has 0 amide bonds. The molecule has 0 aromatic heterocycles. The molecule has 1 atom stereocenters. The minimum absolute atomic E-state index is 0.107. The summed E-state index contributed by atoms with van der Waals surface area (Å²) >= 11 is 0. The molecule has 0 spiro atoms. The Morgan fingerprint density at radius 2 is 0.532 bits per heavy atom. The first-order valence-corrected chi connectivity index (χ1v) is 32.4. The second kappa shape index (κ2) is 64.6. The van der Waals surface area contributed by atoms with Crippen LogP contribution in [0, 0.1) is 0 Å². The highest BCUT2D eigenvalue weighted by Gasteiger charge is 2.19. The Bertz CT molecular complexity index is 1560. The molecular weight excluding hydrogens is 949 g/mol. The maximum absolute atomic E-state index is 12.8. The van der Waals surface area contributed by atoms with Gasteiger partial charge in [0.05, 0.1) is 0 Å². The lowest BCUT2D eigenvalue weighted by molar-refractivity contribution is -0.166. The summed E-state index contributed by atoms with van der Waals surface area (Å²) < 4.78 is 16.8. The maximum atomic E-state index is 12.8. The standard InChI is InChI=1S/C71H120O6/c1-4-7-10-13-16-19-22-24-25-26-27-28-29-30-31-32-33-34-35-36-37-38-39-40-41-42-43-44-45-47-49-52-55-58-61-64-70(73)76-67-68(66-75-69(72)63-60-57-54-51-48-21-18-15-12-9-6-3)77-71(74)65-62-59-56-53-50-46-23-20-17-14-11-8-5-2/h7-8,10-11,15-20,24-25,27-28,46,50,56,59,68H,4-6,9,12-14,21-23,26,29-45,47-49,51-55,57-58,60-67H2,1-3H3/b10-7-,11-8-,18-15-,19-16-,20-17-,25-24-,28-27-,50-46-,59-56-. The van der Waals surface area contributed by atoms with Gasteiger partial charge >= 0.3 is 17.9 Å². The van der Waals surface area contributed by atoms with E-state index in [0.29, 0.717) is 19.3 Å². The van der Waals surface area contributed by atoms with Crippen LogP contribution >= 0.6 is 0 Å². The molecule has 0 N–H and O–H groups in total. The summed E-state index contributed by atoms with van der Waals surface area (Å²) in [5.74, 6) is -0.993. The largest absolute Gasteiger partial charge is 0.462 e. The SMILES string of the molecule is CC/C=C\C/C=C\C/C=C\C/C=C\CCCCCCCCCCCCCCCCCCCCCCCCC(=O)OCC(COC(=O)CCCCCCC/C=C\CCCC)OC(=O)CC/C=C\C/C=C\C/C=C\C/C=C\CC. The first kappa shape index (κ1) is 73.1. The van der Waals surface area contributed by atoms with E-state index < -0.39 is 12.1 Å². The van der Waals surface area contributed by atoms with Crippen molar-refractivity contribution in [2.75, 3.05) is 13.2 Å². The van der Waals surface area contributed by atoms with Crippen LogP contribution in [-0.2, 0) is 28.6 Å². The lowest BCUT2D eigenvalue weighted by Crippen LogP contribution is -2.30. The second-order valence-electron chi connectivity index (χ2n) is 21.3. The van der Waals surface area contributed by atoms with Crippen molar-refractivity contribution >= 4 is 17.9 Å². The molecule has 0 fully saturated rings. The van der Waals surface area contributed by atoms with Crippen LogP contribution in [0.4, 0.5) is 0 Å². The van der Waals surface area contributed by atoms with Crippen molar-refractivity contribution in [2.45, 2.75) is 309 Å². The number of hydrogen-bond acceptors (Lipinski definition) is 6.